The third kappa shape index (κ3) is 5.92. The average molecular weight is 287 g/mol. The number of para-hydroxylation sites is 1. The van der Waals surface area contributed by atoms with Gasteiger partial charge in [0.05, 0.1) is 6.61 Å². The van der Waals surface area contributed by atoms with Gasteiger partial charge in [0.15, 0.2) is 0 Å². The van der Waals surface area contributed by atoms with Crippen LogP contribution >= 0.6 is 0 Å². The van der Waals surface area contributed by atoms with E-state index in [-0.39, 0.29) is 0 Å². The molecular formula is C19H29NO. The zero-order valence-electron chi connectivity index (χ0n) is 13.4. The second-order valence-corrected chi connectivity index (χ2v) is 5.84. The second-order valence-electron chi connectivity index (χ2n) is 5.84. The number of hydrogen-bond acceptors (Lipinski definition) is 2. The van der Waals surface area contributed by atoms with Crippen molar-refractivity contribution >= 4 is 0 Å². The van der Waals surface area contributed by atoms with Crippen molar-refractivity contribution in [1.82, 2.24) is 5.32 Å². The first-order chi connectivity index (χ1) is 10.4. The fraction of sp³-hybridized carbons (Fsp3) is 0.579. The van der Waals surface area contributed by atoms with Gasteiger partial charge in [-0.1, -0.05) is 43.2 Å². The van der Waals surface area contributed by atoms with E-state index < -0.39 is 0 Å². The first-order valence-corrected chi connectivity index (χ1v) is 8.49. The molecule has 1 aliphatic rings. The maximum Gasteiger partial charge on any atom is 0.123 e. The number of rotatable bonds is 9. The smallest absolute Gasteiger partial charge is 0.123 e. The Morgan fingerprint density at radius 3 is 2.90 bits per heavy atom. The van der Waals surface area contributed by atoms with Gasteiger partial charge in [0.1, 0.15) is 5.75 Å². The minimum atomic E-state index is 0.820. The molecule has 0 unspecified atom stereocenters. The molecule has 0 aliphatic heterocycles. The third-order valence-electron chi connectivity index (χ3n) is 4.05. The lowest BCUT2D eigenvalue weighted by Gasteiger charge is -2.14. The Bertz CT molecular complexity index is 439. The number of unbranched alkanes of at least 4 members (excludes halogenated alkanes) is 1. The normalized spacial score (nSPS) is 14.8. The number of allylic oxidation sites excluding steroid dienone is 1. The molecule has 21 heavy (non-hydrogen) atoms. The van der Waals surface area contributed by atoms with E-state index in [2.05, 4.69) is 42.6 Å². The molecule has 0 fully saturated rings. The summed E-state index contributed by atoms with van der Waals surface area (Å²) in [5.41, 5.74) is 2.91. The summed E-state index contributed by atoms with van der Waals surface area (Å²) in [4.78, 5) is 0. The monoisotopic (exact) mass is 287 g/mol. The maximum absolute atomic E-state index is 5.87. The van der Waals surface area contributed by atoms with Gasteiger partial charge in [-0.2, -0.15) is 0 Å². The van der Waals surface area contributed by atoms with Crippen LogP contribution < -0.4 is 10.1 Å². The summed E-state index contributed by atoms with van der Waals surface area (Å²) in [5.74, 6) is 1.04. The molecule has 0 radical (unpaired) electrons. The van der Waals surface area contributed by atoms with Gasteiger partial charge in [0.25, 0.3) is 0 Å². The SMILES string of the molecule is CCCCOc1ccccc1CNCCC1=CCCCC1. The summed E-state index contributed by atoms with van der Waals surface area (Å²) in [6.45, 7) is 4.97. The van der Waals surface area contributed by atoms with E-state index in [1.54, 1.807) is 5.57 Å². The Balaban J connectivity index is 1.73. The van der Waals surface area contributed by atoms with E-state index in [0.29, 0.717) is 0 Å². The molecule has 0 heterocycles. The zero-order chi connectivity index (χ0) is 14.8. The first-order valence-electron chi connectivity index (χ1n) is 8.49. The topological polar surface area (TPSA) is 21.3 Å². The molecule has 2 heteroatoms. The molecule has 2 nitrogen and oxygen atoms in total. The van der Waals surface area contributed by atoms with Crippen LogP contribution in [0.15, 0.2) is 35.9 Å². The van der Waals surface area contributed by atoms with E-state index in [0.717, 1.165) is 31.9 Å². The quantitative estimate of drug-likeness (QED) is 0.518. The molecule has 0 saturated heterocycles. The Kier molecular flexibility index (Phi) is 7.37. The molecular weight excluding hydrogens is 258 g/mol. The van der Waals surface area contributed by atoms with Crippen LogP contribution in [0.25, 0.3) is 0 Å². The van der Waals surface area contributed by atoms with E-state index in [4.69, 9.17) is 4.74 Å². The standard InChI is InChI=1S/C19H29NO/c1-2-3-15-21-19-12-8-7-11-18(19)16-20-14-13-17-9-5-4-6-10-17/h7-9,11-12,20H,2-6,10,13-16H2,1H3. The molecule has 1 N–H and O–H groups in total. The first kappa shape index (κ1) is 16.1. The highest BCUT2D eigenvalue weighted by Gasteiger charge is 2.05. The summed E-state index contributed by atoms with van der Waals surface area (Å²) < 4.78 is 5.87. The van der Waals surface area contributed by atoms with Crippen molar-refractivity contribution in [2.75, 3.05) is 13.2 Å². The van der Waals surface area contributed by atoms with Crippen LogP contribution in [0.5, 0.6) is 5.75 Å². The van der Waals surface area contributed by atoms with Crippen molar-refractivity contribution in [3.05, 3.63) is 41.5 Å². The van der Waals surface area contributed by atoms with Gasteiger partial charge >= 0.3 is 0 Å². The Morgan fingerprint density at radius 2 is 2.10 bits per heavy atom. The fourth-order valence-electron chi connectivity index (χ4n) is 2.72. The molecule has 0 atom stereocenters. The lowest BCUT2D eigenvalue weighted by atomic mass is 9.97. The second kappa shape index (κ2) is 9.62. The van der Waals surface area contributed by atoms with Crippen LogP contribution in [0.2, 0.25) is 0 Å². The van der Waals surface area contributed by atoms with Gasteiger partial charge in [-0.3, -0.25) is 0 Å². The molecule has 0 saturated carbocycles. The zero-order valence-corrected chi connectivity index (χ0v) is 13.4. The van der Waals surface area contributed by atoms with Crippen LogP contribution in [0.1, 0.15) is 57.4 Å². The summed E-state index contributed by atoms with van der Waals surface area (Å²) in [6.07, 6.45) is 11.3. The number of benzene rings is 1. The average Bonchev–Trinajstić information content (AvgIpc) is 2.54. The molecule has 116 valence electrons. The van der Waals surface area contributed by atoms with E-state index in [9.17, 15) is 0 Å². The number of ether oxygens (including phenoxy) is 1. The predicted molar refractivity (Wildman–Crippen MR) is 89.7 cm³/mol. The van der Waals surface area contributed by atoms with Crippen LogP contribution in [0.3, 0.4) is 0 Å². The largest absolute Gasteiger partial charge is 0.493 e. The number of hydrogen-bond donors (Lipinski definition) is 1. The maximum atomic E-state index is 5.87. The van der Waals surface area contributed by atoms with Gasteiger partial charge in [0, 0.05) is 12.1 Å². The van der Waals surface area contributed by atoms with Crippen molar-refractivity contribution in [2.45, 2.75) is 58.4 Å². The van der Waals surface area contributed by atoms with Crippen LogP contribution in [0, 0.1) is 0 Å². The van der Waals surface area contributed by atoms with Crippen LogP contribution in [-0.4, -0.2) is 13.2 Å². The molecule has 0 spiro atoms. The Hall–Kier alpha value is -1.28. The molecule has 2 rings (SSSR count). The summed E-state index contributed by atoms with van der Waals surface area (Å²) in [7, 11) is 0. The lowest BCUT2D eigenvalue weighted by molar-refractivity contribution is 0.305. The third-order valence-corrected chi connectivity index (χ3v) is 4.05. The summed E-state index contributed by atoms with van der Waals surface area (Å²) >= 11 is 0. The van der Waals surface area contributed by atoms with E-state index in [1.165, 1.54) is 44.1 Å². The van der Waals surface area contributed by atoms with E-state index >= 15 is 0 Å². The molecule has 0 amide bonds. The van der Waals surface area contributed by atoms with Crippen molar-refractivity contribution in [1.29, 1.82) is 0 Å². The highest BCUT2D eigenvalue weighted by Crippen LogP contribution is 2.20. The molecule has 0 bridgehead atoms. The number of nitrogens with one attached hydrogen (secondary N) is 1. The summed E-state index contributed by atoms with van der Waals surface area (Å²) in [6, 6.07) is 8.38. The van der Waals surface area contributed by atoms with Crippen LogP contribution in [-0.2, 0) is 6.54 Å². The molecule has 0 aromatic heterocycles. The van der Waals surface area contributed by atoms with Crippen molar-refractivity contribution in [2.24, 2.45) is 0 Å². The Morgan fingerprint density at radius 1 is 1.19 bits per heavy atom. The molecule has 1 aliphatic carbocycles. The highest BCUT2D eigenvalue weighted by atomic mass is 16.5. The minimum absolute atomic E-state index is 0.820. The van der Waals surface area contributed by atoms with Gasteiger partial charge < -0.3 is 10.1 Å². The van der Waals surface area contributed by atoms with Gasteiger partial charge in [-0.15, -0.1) is 0 Å². The lowest BCUT2D eigenvalue weighted by Crippen LogP contribution is -2.16. The van der Waals surface area contributed by atoms with Crippen LogP contribution in [0.4, 0.5) is 0 Å². The molecule has 1 aromatic rings. The summed E-state index contributed by atoms with van der Waals surface area (Å²) in [5, 5.41) is 3.56. The van der Waals surface area contributed by atoms with Gasteiger partial charge in [-0.25, -0.2) is 0 Å². The Labute approximate surface area is 129 Å². The van der Waals surface area contributed by atoms with Gasteiger partial charge in [0.2, 0.25) is 0 Å². The van der Waals surface area contributed by atoms with Crippen molar-refractivity contribution in [3.63, 3.8) is 0 Å². The predicted octanol–water partition coefficient (Wildman–Crippen LogP) is 4.85. The minimum Gasteiger partial charge on any atom is -0.493 e. The van der Waals surface area contributed by atoms with E-state index in [1.807, 2.05) is 0 Å². The van der Waals surface area contributed by atoms with Crippen molar-refractivity contribution < 1.29 is 4.74 Å². The van der Waals surface area contributed by atoms with Gasteiger partial charge in [-0.05, 0) is 51.1 Å². The fourth-order valence-corrected chi connectivity index (χ4v) is 2.72. The van der Waals surface area contributed by atoms with Crippen molar-refractivity contribution in [3.8, 4) is 5.75 Å². The molecule has 1 aromatic carbocycles. The highest BCUT2D eigenvalue weighted by molar-refractivity contribution is 5.33.